The van der Waals surface area contributed by atoms with Crippen molar-refractivity contribution in [2.75, 3.05) is 0 Å². The molecule has 0 aliphatic heterocycles. The van der Waals surface area contributed by atoms with Gasteiger partial charge in [-0.05, 0) is 39.7 Å². The monoisotopic (exact) mass is 432 g/mol. The van der Waals surface area contributed by atoms with Crippen molar-refractivity contribution >= 4 is 43.2 Å². The molecule has 0 aliphatic carbocycles. The maximum Gasteiger partial charge on any atom is 0.0789 e. The third-order valence-corrected chi connectivity index (χ3v) is 6.69. The summed E-state index contributed by atoms with van der Waals surface area (Å²) in [5, 5.41) is 8.51. The van der Waals surface area contributed by atoms with Crippen molar-refractivity contribution in [3.05, 3.63) is 121 Å². The highest BCUT2D eigenvalue weighted by atomic mass is 14.7. The highest BCUT2D eigenvalue weighted by Crippen LogP contribution is 2.38. The van der Waals surface area contributed by atoms with Crippen LogP contribution in [0.15, 0.2) is 121 Å². The van der Waals surface area contributed by atoms with Crippen molar-refractivity contribution in [1.82, 2.24) is 9.97 Å². The lowest BCUT2D eigenvalue weighted by atomic mass is 9.94. The van der Waals surface area contributed by atoms with Gasteiger partial charge in [0.05, 0.1) is 16.9 Å². The second-order valence-electron chi connectivity index (χ2n) is 8.64. The summed E-state index contributed by atoms with van der Waals surface area (Å²) in [6.45, 7) is 0. The Balaban J connectivity index is 1.54. The van der Waals surface area contributed by atoms with Crippen LogP contribution in [0.4, 0.5) is 0 Å². The van der Waals surface area contributed by atoms with Crippen LogP contribution in [0.3, 0.4) is 0 Å². The predicted octanol–water partition coefficient (Wildman–Crippen LogP) is 8.42. The van der Waals surface area contributed by atoms with Crippen LogP contribution in [0.25, 0.3) is 65.7 Å². The minimum atomic E-state index is 0.957. The molecule has 0 aliphatic rings. The Labute approximate surface area is 197 Å². The molecule has 0 saturated carbocycles. The number of rotatable bonds is 2. The van der Waals surface area contributed by atoms with Gasteiger partial charge in [0.2, 0.25) is 0 Å². The second kappa shape index (κ2) is 7.50. The molecule has 0 atom stereocenters. The molecule has 0 amide bonds. The molecule has 7 rings (SSSR count). The fourth-order valence-electron chi connectivity index (χ4n) is 5.12. The van der Waals surface area contributed by atoms with Crippen LogP contribution < -0.4 is 0 Å². The van der Waals surface area contributed by atoms with Crippen molar-refractivity contribution in [3.63, 3.8) is 0 Å². The van der Waals surface area contributed by atoms with E-state index in [1.807, 2.05) is 6.20 Å². The van der Waals surface area contributed by atoms with Gasteiger partial charge in [-0.3, -0.25) is 4.98 Å². The summed E-state index contributed by atoms with van der Waals surface area (Å²) in [6, 6.07) is 40.5. The zero-order valence-corrected chi connectivity index (χ0v) is 18.4. The molecule has 2 heteroatoms. The highest BCUT2D eigenvalue weighted by Gasteiger charge is 2.14. The summed E-state index contributed by atoms with van der Waals surface area (Å²) in [6.07, 6.45) is 1.90. The number of para-hydroxylation sites is 1. The standard InChI is InChI=1S/C32H20N2/c1-3-11-24-21(8-1)10-7-14-26(24)30-20-23(18-19-33-30)32-28-17-16-22-9-2-4-12-25(22)31(28)27-13-5-6-15-29(27)34-32/h1-20H. The van der Waals surface area contributed by atoms with E-state index in [1.165, 1.54) is 32.3 Å². The van der Waals surface area contributed by atoms with E-state index in [0.29, 0.717) is 0 Å². The maximum atomic E-state index is 5.15. The number of fused-ring (bicyclic) bond motifs is 6. The van der Waals surface area contributed by atoms with E-state index in [9.17, 15) is 0 Å². The van der Waals surface area contributed by atoms with Gasteiger partial charge in [-0.25, -0.2) is 4.98 Å². The lowest BCUT2D eigenvalue weighted by Crippen LogP contribution is -1.92. The zero-order chi connectivity index (χ0) is 22.5. The van der Waals surface area contributed by atoms with Crippen LogP contribution in [0, 0.1) is 0 Å². The predicted molar refractivity (Wildman–Crippen MR) is 143 cm³/mol. The normalized spacial score (nSPS) is 11.5. The molecule has 2 nitrogen and oxygen atoms in total. The Morgan fingerprint density at radius 1 is 0.500 bits per heavy atom. The fraction of sp³-hybridized carbons (Fsp3) is 0. The smallest absolute Gasteiger partial charge is 0.0789 e. The van der Waals surface area contributed by atoms with E-state index < -0.39 is 0 Å². The van der Waals surface area contributed by atoms with Crippen LogP contribution in [0.1, 0.15) is 0 Å². The SMILES string of the molecule is c1ccc2c(-c3cc(-c4nc5ccccc5c5c4ccc4ccccc45)ccn3)cccc2c1. The van der Waals surface area contributed by atoms with Crippen molar-refractivity contribution in [1.29, 1.82) is 0 Å². The fourth-order valence-corrected chi connectivity index (χ4v) is 5.12. The second-order valence-corrected chi connectivity index (χ2v) is 8.64. The molecule has 0 saturated heterocycles. The lowest BCUT2D eigenvalue weighted by molar-refractivity contribution is 1.32. The topological polar surface area (TPSA) is 25.8 Å². The van der Waals surface area contributed by atoms with E-state index in [1.54, 1.807) is 0 Å². The number of pyridine rings is 2. The van der Waals surface area contributed by atoms with Gasteiger partial charge in [0.15, 0.2) is 0 Å². The van der Waals surface area contributed by atoms with Gasteiger partial charge >= 0.3 is 0 Å². The molecule has 0 spiro atoms. The van der Waals surface area contributed by atoms with Crippen molar-refractivity contribution < 1.29 is 0 Å². The minimum Gasteiger partial charge on any atom is -0.256 e. The lowest BCUT2D eigenvalue weighted by Gasteiger charge is -2.13. The number of benzene rings is 5. The maximum absolute atomic E-state index is 5.15. The molecule has 158 valence electrons. The first-order chi connectivity index (χ1) is 16.9. The van der Waals surface area contributed by atoms with E-state index in [2.05, 4.69) is 115 Å². The van der Waals surface area contributed by atoms with Crippen molar-refractivity contribution in [2.24, 2.45) is 0 Å². The Bertz CT molecular complexity index is 1850. The first-order valence-corrected chi connectivity index (χ1v) is 11.5. The molecule has 0 fully saturated rings. The van der Waals surface area contributed by atoms with Crippen molar-refractivity contribution in [2.45, 2.75) is 0 Å². The molecule has 2 heterocycles. The summed E-state index contributed by atoms with van der Waals surface area (Å²) in [7, 11) is 0. The quantitative estimate of drug-likeness (QED) is 0.256. The molecule has 2 aromatic heterocycles. The van der Waals surface area contributed by atoms with Crippen molar-refractivity contribution in [3.8, 4) is 22.5 Å². The minimum absolute atomic E-state index is 0.957. The van der Waals surface area contributed by atoms with Gasteiger partial charge < -0.3 is 0 Å². The van der Waals surface area contributed by atoms with Gasteiger partial charge in [-0.2, -0.15) is 0 Å². The summed E-state index contributed by atoms with van der Waals surface area (Å²) in [4.78, 5) is 9.90. The summed E-state index contributed by atoms with van der Waals surface area (Å²) in [5.41, 5.74) is 5.16. The highest BCUT2D eigenvalue weighted by molar-refractivity contribution is 6.22. The Morgan fingerprint density at radius 3 is 2.09 bits per heavy atom. The molecule has 34 heavy (non-hydrogen) atoms. The average Bonchev–Trinajstić information content (AvgIpc) is 2.92. The first-order valence-electron chi connectivity index (χ1n) is 11.5. The summed E-state index contributed by atoms with van der Waals surface area (Å²) in [5.74, 6) is 0. The van der Waals surface area contributed by atoms with Crippen LogP contribution in [0.5, 0.6) is 0 Å². The molecule has 0 N–H and O–H groups in total. The Hall–Kier alpha value is -4.56. The Kier molecular flexibility index (Phi) is 4.18. The first kappa shape index (κ1) is 19.0. The molecule has 0 unspecified atom stereocenters. The van der Waals surface area contributed by atoms with Gasteiger partial charge in [0.25, 0.3) is 0 Å². The van der Waals surface area contributed by atoms with Crippen LogP contribution in [-0.4, -0.2) is 9.97 Å². The number of aromatic nitrogens is 2. The molecular weight excluding hydrogens is 412 g/mol. The molecular formula is C32H20N2. The number of hydrogen-bond donors (Lipinski definition) is 0. The summed E-state index contributed by atoms with van der Waals surface area (Å²) < 4.78 is 0. The third kappa shape index (κ3) is 2.89. The number of nitrogens with zero attached hydrogens (tertiary/aromatic N) is 2. The largest absolute Gasteiger partial charge is 0.256 e. The van der Waals surface area contributed by atoms with Gasteiger partial charge in [0, 0.05) is 33.5 Å². The average molecular weight is 433 g/mol. The number of hydrogen-bond acceptors (Lipinski definition) is 2. The van der Waals surface area contributed by atoms with Crippen LogP contribution in [-0.2, 0) is 0 Å². The van der Waals surface area contributed by atoms with E-state index >= 15 is 0 Å². The summed E-state index contributed by atoms with van der Waals surface area (Å²) >= 11 is 0. The van der Waals surface area contributed by atoms with Crippen LogP contribution in [0.2, 0.25) is 0 Å². The van der Waals surface area contributed by atoms with E-state index in [4.69, 9.17) is 9.97 Å². The van der Waals surface area contributed by atoms with Gasteiger partial charge in [-0.1, -0.05) is 97.1 Å². The molecule has 7 aromatic rings. The Morgan fingerprint density at radius 2 is 1.21 bits per heavy atom. The van der Waals surface area contributed by atoms with Crippen LogP contribution >= 0.6 is 0 Å². The zero-order valence-electron chi connectivity index (χ0n) is 18.4. The van der Waals surface area contributed by atoms with E-state index in [-0.39, 0.29) is 0 Å². The third-order valence-electron chi connectivity index (χ3n) is 6.69. The molecule has 0 radical (unpaired) electrons. The molecule has 5 aromatic carbocycles. The van der Waals surface area contributed by atoms with E-state index in [0.717, 1.165) is 33.4 Å². The molecule has 0 bridgehead atoms. The van der Waals surface area contributed by atoms with Gasteiger partial charge in [-0.15, -0.1) is 0 Å². The van der Waals surface area contributed by atoms with Gasteiger partial charge in [0.1, 0.15) is 0 Å².